The Kier molecular flexibility index (Phi) is 4.10. The van der Waals surface area contributed by atoms with Crippen molar-refractivity contribution >= 4 is 28.9 Å². The number of piperazine rings is 1. The van der Waals surface area contributed by atoms with Gasteiger partial charge in [0, 0.05) is 43.9 Å². The van der Waals surface area contributed by atoms with E-state index in [0.29, 0.717) is 0 Å². The molecule has 1 N–H and O–H groups in total. The molecule has 0 bridgehead atoms. The van der Waals surface area contributed by atoms with Gasteiger partial charge in [0.25, 0.3) is 0 Å². The predicted octanol–water partition coefficient (Wildman–Crippen LogP) is 2.50. The third-order valence-electron chi connectivity index (χ3n) is 3.65. The molecule has 6 heteroatoms. The summed E-state index contributed by atoms with van der Waals surface area (Å²) in [5.41, 5.74) is 1.18. The molecule has 21 heavy (non-hydrogen) atoms. The summed E-state index contributed by atoms with van der Waals surface area (Å²) in [7, 11) is 1.85. The molecule has 1 saturated heterocycles. The zero-order valence-electron chi connectivity index (χ0n) is 12.0. The molecule has 1 aromatic carbocycles. The highest BCUT2D eigenvalue weighted by Gasteiger charge is 2.18. The normalized spacial score (nSPS) is 15.1. The van der Waals surface area contributed by atoms with Crippen molar-refractivity contribution in [3.05, 3.63) is 41.7 Å². The first-order valence-corrected chi connectivity index (χ1v) is 7.39. The first kappa shape index (κ1) is 13.9. The number of nitrogens with one attached hydrogen (secondary N) is 1. The van der Waals surface area contributed by atoms with Gasteiger partial charge in [0.15, 0.2) is 0 Å². The summed E-state index contributed by atoms with van der Waals surface area (Å²) in [6, 6.07) is 8.01. The average molecular weight is 304 g/mol. The zero-order valence-corrected chi connectivity index (χ0v) is 12.7. The molecule has 1 aliphatic rings. The largest absolute Gasteiger partial charge is 0.372 e. The molecular formula is C15H18ClN5. The molecule has 3 rings (SSSR count). The summed E-state index contributed by atoms with van der Waals surface area (Å²) in [5.74, 6) is 1.72. The molecule has 2 aromatic rings. The molecule has 1 fully saturated rings. The van der Waals surface area contributed by atoms with Crippen molar-refractivity contribution in [3.8, 4) is 0 Å². The first-order valence-electron chi connectivity index (χ1n) is 7.01. The van der Waals surface area contributed by atoms with Gasteiger partial charge in [-0.25, -0.2) is 4.98 Å². The van der Waals surface area contributed by atoms with Crippen molar-refractivity contribution in [2.24, 2.45) is 0 Å². The van der Waals surface area contributed by atoms with E-state index in [-0.39, 0.29) is 0 Å². The van der Waals surface area contributed by atoms with E-state index in [4.69, 9.17) is 11.6 Å². The summed E-state index contributed by atoms with van der Waals surface area (Å²) in [5, 5.41) is 3.80. The van der Waals surface area contributed by atoms with Gasteiger partial charge < -0.3 is 15.1 Å². The number of nitrogens with zero attached hydrogens (tertiary/aromatic N) is 4. The quantitative estimate of drug-likeness (QED) is 0.944. The standard InChI is InChI=1S/C15H18ClN5/c1-17-14-10-18-11-15(19-14)21-7-5-20(6-8-21)13-4-2-3-12(16)9-13/h2-4,9-11H,5-8H2,1H3,(H,17,19). The molecule has 0 radical (unpaired) electrons. The fourth-order valence-corrected chi connectivity index (χ4v) is 2.68. The third-order valence-corrected chi connectivity index (χ3v) is 3.89. The maximum absolute atomic E-state index is 6.06. The van der Waals surface area contributed by atoms with Crippen LogP contribution in [0, 0.1) is 0 Å². The van der Waals surface area contributed by atoms with E-state index < -0.39 is 0 Å². The fourth-order valence-electron chi connectivity index (χ4n) is 2.50. The second kappa shape index (κ2) is 6.18. The molecule has 0 saturated carbocycles. The van der Waals surface area contributed by atoms with Crippen LogP contribution in [0.5, 0.6) is 0 Å². The van der Waals surface area contributed by atoms with Gasteiger partial charge in [-0.15, -0.1) is 0 Å². The number of benzene rings is 1. The van der Waals surface area contributed by atoms with Gasteiger partial charge in [-0.3, -0.25) is 4.98 Å². The minimum absolute atomic E-state index is 0.780. The van der Waals surface area contributed by atoms with Gasteiger partial charge in [0.05, 0.1) is 12.4 Å². The number of halogens is 1. The Morgan fingerprint density at radius 2 is 1.86 bits per heavy atom. The van der Waals surface area contributed by atoms with Gasteiger partial charge in [0.1, 0.15) is 11.6 Å². The van der Waals surface area contributed by atoms with Crippen molar-refractivity contribution < 1.29 is 0 Å². The van der Waals surface area contributed by atoms with Gasteiger partial charge >= 0.3 is 0 Å². The van der Waals surface area contributed by atoms with Gasteiger partial charge in [-0.2, -0.15) is 0 Å². The van der Waals surface area contributed by atoms with Crippen LogP contribution in [0.1, 0.15) is 0 Å². The van der Waals surface area contributed by atoms with Gasteiger partial charge in [0.2, 0.25) is 0 Å². The van der Waals surface area contributed by atoms with Gasteiger partial charge in [-0.05, 0) is 18.2 Å². The number of anilines is 3. The average Bonchev–Trinajstić information content (AvgIpc) is 2.55. The highest BCUT2D eigenvalue weighted by molar-refractivity contribution is 6.30. The molecule has 2 heterocycles. The first-order chi connectivity index (χ1) is 10.3. The van der Waals surface area contributed by atoms with E-state index in [1.807, 2.05) is 31.4 Å². The van der Waals surface area contributed by atoms with E-state index >= 15 is 0 Å². The summed E-state index contributed by atoms with van der Waals surface area (Å²) in [4.78, 5) is 13.4. The molecule has 0 spiro atoms. The van der Waals surface area contributed by atoms with Crippen LogP contribution in [0.2, 0.25) is 5.02 Å². The van der Waals surface area contributed by atoms with Crippen LogP contribution in [-0.4, -0.2) is 43.2 Å². The maximum Gasteiger partial charge on any atom is 0.149 e. The summed E-state index contributed by atoms with van der Waals surface area (Å²) in [6.07, 6.45) is 3.54. The second-order valence-corrected chi connectivity index (χ2v) is 5.40. The number of aromatic nitrogens is 2. The van der Waals surface area contributed by atoms with Crippen LogP contribution in [-0.2, 0) is 0 Å². The number of rotatable bonds is 3. The van der Waals surface area contributed by atoms with Crippen LogP contribution in [0.4, 0.5) is 17.3 Å². The highest BCUT2D eigenvalue weighted by atomic mass is 35.5. The lowest BCUT2D eigenvalue weighted by Crippen LogP contribution is -2.46. The molecule has 0 unspecified atom stereocenters. The Balaban J connectivity index is 1.67. The Morgan fingerprint density at radius 1 is 1.10 bits per heavy atom. The predicted molar refractivity (Wildman–Crippen MR) is 87.5 cm³/mol. The minimum Gasteiger partial charge on any atom is -0.372 e. The van der Waals surface area contributed by atoms with E-state index in [0.717, 1.165) is 42.8 Å². The van der Waals surface area contributed by atoms with E-state index in [9.17, 15) is 0 Å². The van der Waals surface area contributed by atoms with Crippen LogP contribution >= 0.6 is 11.6 Å². The topological polar surface area (TPSA) is 44.3 Å². The summed E-state index contributed by atoms with van der Waals surface area (Å²) < 4.78 is 0. The van der Waals surface area contributed by atoms with E-state index in [1.54, 1.807) is 6.20 Å². The SMILES string of the molecule is CNc1cncc(N2CCN(c3cccc(Cl)c3)CC2)n1. The number of hydrogen-bond acceptors (Lipinski definition) is 5. The molecule has 1 aliphatic heterocycles. The number of hydrogen-bond donors (Lipinski definition) is 1. The molecule has 110 valence electrons. The summed E-state index contributed by atoms with van der Waals surface area (Å²) in [6.45, 7) is 3.75. The summed E-state index contributed by atoms with van der Waals surface area (Å²) >= 11 is 6.06. The lowest BCUT2D eigenvalue weighted by atomic mass is 10.2. The van der Waals surface area contributed by atoms with Crippen molar-refractivity contribution in [2.45, 2.75) is 0 Å². The monoisotopic (exact) mass is 303 g/mol. The minimum atomic E-state index is 0.780. The van der Waals surface area contributed by atoms with Crippen LogP contribution in [0.3, 0.4) is 0 Å². The Hall–Kier alpha value is -2.01. The Morgan fingerprint density at radius 3 is 2.57 bits per heavy atom. The highest BCUT2D eigenvalue weighted by Crippen LogP contribution is 2.22. The van der Waals surface area contributed by atoms with Crippen molar-refractivity contribution in [1.29, 1.82) is 0 Å². The fraction of sp³-hybridized carbons (Fsp3) is 0.333. The molecule has 0 atom stereocenters. The van der Waals surface area contributed by atoms with Gasteiger partial charge in [-0.1, -0.05) is 17.7 Å². The zero-order chi connectivity index (χ0) is 14.7. The smallest absolute Gasteiger partial charge is 0.149 e. The van der Waals surface area contributed by atoms with Crippen LogP contribution in [0.25, 0.3) is 0 Å². The van der Waals surface area contributed by atoms with Crippen molar-refractivity contribution in [3.63, 3.8) is 0 Å². The van der Waals surface area contributed by atoms with Crippen LogP contribution < -0.4 is 15.1 Å². The lowest BCUT2D eigenvalue weighted by molar-refractivity contribution is 0.646. The Labute approximate surface area is 129 Å². The van der Waals surface area contributed by atoms with Crippen molar-refractivity contribution in [2.75, 3.05) is 48.3 Å². The van der Waals surface area contributed by atoms with Crippen LogP contribution in [0.15, 0.2) is 36.7 Å². The molecule has 0 aliphatic carbocycles. The lowest BCUT2D eigenvalue weighted by Gasteiger charge is -2.36. The van der Waals surface area contributed by atoms with E-state index in [1.165, 1.54) is 5.69 Å². The molecule has 1 aromatic heterocycles. The molecule has 0 amide bonds. The third kappa shape index (κ3) is 3.19. The second-order valence-electron chi connectivity index (χ2n) is 4.97. The molecule has 5 nitrogen and oxygen atoms in total. The van der Waals surface area contributed by atoms with E-state index in [2.05, 4.69) is 31.2 Å². The molecular weight excluding hydrogens is 286 g/mol. The van der Waals surface area contributed by atoms with Crippen molar-refractivity contribution in [1.82, 2.24) is 9.97 Å². The maximum atomic E-state index is 6.06. The Bertz CT molecular complexity index is 611.